The molecule has 2 amide bonds. The molecule has 0 spiro atoms. The van der Waals surface area contributed by atoms with Crippen LogP contribution in [0.4, 0.5) is 0 Å². The first-order valence-corrected chi connectivity index (χ1v) is 7.83. The van der Waals surface area contributed by atoms with E-state index >= 15 is 0 Å². The number of carbonyl (C=O) groups is 2. The number of carbonyl (C=O) groups excluding carboxylic acids is 2. The fourth-order valence-corrected chi connectivity index (χ4v) is 2.85. The summed E-state index contributed by atoms with van der Waals surface area (Å²) in [5.74, 6) is 1.12. The maximum Gasteiger partial charge on any atom is 0.255 e. The minimum Gasteiger partial charge on any atom is -0.466 e. The Morgan fingerprint density at radius 2 is 2.09 bits per heavy atom. The zero-order valence-corrected chi connectivity index (χ0v) is 13.9. The number of aryl methyl sites for hydroxylation is 2. The molecule has 1 unspecified atom stereocenters. The second-order valence-electron chi connectivity index (χ2n) is 5.96. The number of likely N-dealkylation sites (tertiary alicyclic amines) is 1. The minimum atomic E-state index is -0.623. The summed E-state index contributed by atoms with van der Waals surface area (Å²) in [7, 11) is 1.52. The molecule has 1 aliphatic heterocycles. The van der Waals surface area contributed by atoms with Gasteiger partial charge in [0.2, 0.25) is 5.91 Å². The molecule has 2 heterocycles. The van der Waals surface area contributed by atoms with Crippen LogP contribution in [0.3, 0.4) is 0 Å². The summed E-state index contributed by atoms with van der Waals surface area (Å²) in [6.45, 7) is 4.99. The molecule has 1 saturated heterocycles. The number of methoxy groups -OCH3 is 1. The summed E-state index contributed by atoms with van der Waals surface area (Å²) < 4.78 is 10.3. The van der Waals surface area contributed by atoms with E-state index in [2.05, 4.69) is 5.32 Å². The molecular weight excluding hydrogens is 298 g/mol. The number of rotatable bonds is 5. The number of nitrogens with zero attached hydrogens (tertiary/aromatic N) is 1. The molecule has 7 heteroatoms. The molecule has 1 aliphatic rings. The molecule has 1 aromatic heterocycles. The average Bonchev–Trinajstić information content (AvgIpc) is 2.86. The van der Waals surface area contributed by atoms with Gasteiger partial charge in [0.05, 0.1) is 12.2 Å². The lowest BCUT2D eigenvalue weighted by atomic mass is 10.0. The number of piperidine rings is 1. The van der Waals surface area contributed by atoms with Crippen LogP contribution < -0.4 is 11.1 Å². The van der Waals surface area contributed by atoms with E-state index in [0.29, 0.717) is 37.3 Å². The molecule has 0 saturated carbocycles. The zero-order valence-electron chi connectivity index (χ0n) is 13.9. The first-order valence-electron chi connectivity index (χ1n) is 7.83. The van der Waals surface area contributed by atoms with Crippen molar-refractivity contribution in [3.8, 4) is 0 Å². The van der Waals surface area contributed by atoms with E-state index in [1.165, 1.54) is 7.11 Å². The Bertz CT molecular complexity index is 562. The molecule has 0 aromatic carbocycles. The monoisotopic (exact) mass is 323 g/mol. The highest BCUT2D eigenvalue weighted by molar-refractivity contribution is 5.95. The van der Waals surface area contributed by atoms with Gasteiger partial charge in [-0.2, -0.15) is 0 Å². The van der Waals surface area contributed by atoms with Gasteiger partial charge in [-0.25, -0.2) is 0 Å². The number of hydrogen-bond acceptors (Lipinski definition) is 5. The Morgan fingerprint density at radius 1 is 1.43 bits per heavy atom. The maximum atomic E-state index is 12.3. The standard InChI is InChI=1S/C16H25N3O4/c1-10-8-13(11(2)23-10)15(20)18-12-4-6-19(7-5-12)16(21)14(17)9-22-3/h8,12,14H,4-7,9,17H2,1-3H3,(H,18,20). The average molecular weight is 323 g/mol. The number of hydrogen-bond donors (Lipinski definition) is 2. The fraction of sp³-hybridized carbons (Fsp3) is 0.625. The third kappa shape index (κ3) is 4.33. The molecule has 0 radical (unpaired) electrons. The van der Waals surface area contributed by atoms with Crippen LogP contribution in [0.5, 0.6) is 0 Å². The molecule has 0 bridgehead atoms. The molecule has 128 valence electrons. The smallest absolute Gasteiger partial charge is 0.255 e. The highest BCUT2D eigenvalue weighted by Gasteiger charge is 2.27. The molecule has 1 aromatic rings. The van der Waals surface area contributed by atoms with Crippen molar-refractivity contribution in [3.05, 3.63) is 23.2 Å². The second kappa shape index (κ2) is 7.61. The van der Waals surface area contributed by atoms with Crippen molar-refractivity contribution in [1.29, 1.82) is 0 Å². The van der Waals surface area contributed by atoms with E-state index in [0.717, 1.165) is 5.76 Å². The van der Waals surface area contributed by atoms with E-state index < -0.39 is 6.04 Å². The topological polar surface area (TPSA) is 97.8 Å². The van der Waals surface area contributed by atoms with Crippen molar-refractivity contribution >= 4 is 11.8 Å². The van der Waals surface area contributed by atoms with Gasteiger partial charge in [-0.1, -0.05) is 0 Å². The van der Waals surface area contributed by atoms with Crippen molar-refractivity contribution in [2.75, 3.05) is 26.8 Å². The van der Waals surface area contributed by atoms with Crippen molar-refractivity contribution in [2.45, 2.75) is 38.8 Å². The number of nitrogens with one attached hydrogen (secondary N) is 1. The van der Waals surface area contributed by atoms with Gasteiger partial charge in [0, 0.05) is 26.2 Å². The first kappa shape index (κ1) is 17.5. The number of amides is 2. The maximum absolute atomic E-state index is 12.3. The molecule has 1 atom stereocenters. The molecule has 1 fully saturated rings. The fourth-order valence-electron chi connectivity index (χ4n) is 2.85. The predicted octanol–water partition coefficient (Wildman–Crippen LogP) is 0.591. The lowest BCUT2D eigenvalue weighted by Gasteiger charge is -2.33. The van der Waals surface area contributed by atoms with Crippen LogP contribution in [0.15, 0.2) is 10.5 Å². The van der Waals surface area contributed by atoms with E-state index in [4.69, 9.17) is 14.9 Å². The predicted molar refractivity (Wildman–Crippen MR) is 85.1 cm³/mol. The molecule has 7 nitrogen and oxygen atoms in total. The Kier molecular flexibility index (Phi) is 5.79. The molecule has 2 rings (SSSR count). The Balaban J connectivity index is 1.84. The van der Waals surface area contributed by atoms with Crippen LogP contribution in [-0.2, 0) is 9.53 Å². The highest BCUT2D eigenvalue weighted by atomic mass is 16.5. The van der Waals surface area contributed by atoms with Gasteiger partial charge in [0.15, 0.2) is 0 Å². The van der Waals surface area contributed by atoms with Gasteiger partial charge in [-0.05, 0) is 32.8 Å². The van der Waals surface area contributed by atoms with E-state index in [-0.39, 0.29) is 24.5 Å². The molecule has 0 aliphatic carbocycles. The van der Waals surface area contributed by atoms with Crippen LogP contribution in [0.25, 0.3) is 0 Å². The van der Waals surface area contributed by atoms with E-state index in [1.54, 1.807) is 17.9 Å². The van der Waals surface area contributed by atoms with Crippen LogP contribution >= 0.6 is 0 Å². The van der Waals surface area contributed by atoms with E-state index in [9.17, 15) is 9.59 Å². The van der Waals surface area contributed by atoms with Gasteiger partial charge in [0.25, 0.3) is 5.91 Å². The third-order valence-corrected chi connectivity index (χ3v) is 4.09. The number of nitrogens with two attached hydrogens (primary N) is 1. The van der Waals surface area contributed by atoms with Gasteiger partial charge in [-0.15, -0.1) is 0 Å². The summed E-state index contributed by atoms with van der Waals surface area (Å²) in [6.07, 6.45) is 1.43. The largest absolute Gasteiger partial charge is 0.466 e. The summed E-state index contributed by atoms with van der Waals surface area (Å²) >= 11 is 0. The number of ether oxygens (including phenoxy) is 1. The van der Waals surface area contributed by atoms with Crippen LogP contribution in [-0.4, -0.2) is 55.6 Å². The summed E-state index contributed by atoms with van der Waals surface area (Å²) in [4.78, 5) is 26.1. The van der Waals surface area contributed by atoms with Gasteiger partial charge in [0.1, 0.15) is 17.6 Å². The van der Waals surface area contributed by atoms with Crippen LogP contribution in [0.2, 0.25) is 0 Å². The van der Waals surface area contributed by atoms with Gasteiger partial charge >= 0.3 is 0 Å². The van der Waals surface area contributed by atoms with Crippen molar-refractivity contribution in [1.82, 2.24) is 10.2 Å². The van der Waals surface area contributed by atoms with Crippen molar-refractivity contribution < 1.29 is 18.7 Å². The summed E-state index contributed by atoms with van der Waals surface area (Å²) in [5.41, 5.74) is 6.34. The quantitative estimate of drug-likeness (QED) is 0.826. The molecular formula is C16H25N3O4. The highest BCUT2D eigenvalue weighted by Crippen LogP contribution is 2.16. The van der Waals surface area contributed by atoms with Crippen molar-refractivity contribution in [2.24, 2.45) is 5.73 Å². The summed E-state index contributed by atoms with van der Waals surface area (Å²) in [6, 6.07) is 1.18. The minimum absolute atomic E-state index is 0.0554. The second-order valence-corrected chi connectivity index (χ2v) is 5.96. The Morgan fingerprint density at radius 3 is 2.61 bits per heavy atom. The van der Waals surface area contributed by atoms with Crippen molar-refractivity contribution in [3.63, 3.8) is 0 Å². The molecule has 23 heavy (non-hydrogen) atoms. The van der Waals surface area contributed by atoms with Gasteiger partial charge < -0.3 is 25.1 Å². The first-order chi connectivity index (χ1) is 10.9. The van der Waals surface area contributed by atoms with E-state index in [1.807, 2.05) is 6.92 Å². The Hall–Kier alpha value is -1.86. The zero-order chi connectivity index (χ0) is 17.0. The Labute approximate surface area is 136 Å². The lowest BCUT2D eigenvalue weighted by Crippen LogP contribution is -2.52. The third-order valence-electron chi connectivity index (χ3n) is 4.09. The number of furan rings is 1. The summed E-state index contributed by atoms with van der Waals surface area (Å²) in [5, 5.41) is 3.01. The van der Waals surface area contributed by atoms with Crippen LogP contribution in [0.1, 0.15) is 34.7 Å². The normalized spacial score (nSPS) is 17.1. The van der Waals surface area contributed by atoms with Crippen LogP contribution in [0, 0.1) is 13.8 Å². The van der Waals surface area contributed by atoms with Gasteiger partial charge in [-0.3, -0.25) is 9.59 Å². The molecule has 3 N–H and O–H groups in total. The SMILES string of the molecule is COCC(N)C(=O)N1CCC(NC(=O)c2cc(C)oc2C)CC1. The lowest BCUT2D eigenvalue weighted by molar-refractivity contribution is -0.134.